The minimum atomic E-state index is -0.00981. The number of nitrogens with zero attached hydrogens (tertiary/aromatic N) is 2. The van der Waals surface area contributed by atoms with Gasteiger partial charge in [-0.15, -0.1) is 12.4 Å². The second-order valence-corrected chi connectivity index (χ2v) is 6.07. The van der Waals surface area contributed by atoms with E-state index in [1.165, 1.54) is 11.3 Å². The fourth-order valence-corrected chi connectivity index (χ4v) is 3.52. The van der Waals surface area contributed by atoms with Crippen LogP contribution in [0.4, 0.5) is 5.13 Å². The van der Waals surface area contributed by atoms with Gasteiger partial charge in [0, 0.05) is 12.6 Å². The van der Waals surface area contributed by atoms with Gasteiger partial charge in [0.05, 0.1) is 16.8 Å². The highest BCUT2D eigenvalue weighted by atomic mass is 35.5. The number of rotatable bonds is 4. The van der Waals surface area contributed by atoms with Crippen LogP contribution in [-0.2, 0) is 4.79 Å². The number of amides is 1. The second-order valence-electron chi connectivity index (χ2n) is 5.04. The first-order valence-electron chi connectivity index (χ1n) is 6.86. The van der Waals surface area contributed by atoms with Crippen molar-refractivity contribution in [2.45, 2.75) is 18.9 Å². The minimum Gasteiger partial charge on any atom is -0.329 e. The number of fused-ring (bicyclic) bond motifs is 1. The molecule has 2 aromatic rings. The van der Waals surface area contributed by atoms with Crippen LogP contribution < -0.4 is 11.1 Å². The van der Waals surface area contributed by atoms with Crippen LogP contribution in [0.1, 0.15) is 12.8 Å². The number of carbonyl (C=O) groups excluding carboxylic acids is 1. The van der Waals surface area contributed by atoms with Crippen molar-refractivity contribution in [2.24, 2.45) is 5.73 Å². The number of hydrogen-bond donors (Lipinski definition) is 2. The minimum absolute atomic E-state index is 0. The standard InChI is InChI=1S/C14H18N4OS.ClH/c15-8-10-4-3-7-18(10)9-13(19)17-14-16-11-5-1-2-6-12(11)20-14;/h1-2,5-6,10H,3-4,7-9,15H2,(H,16,17,19);1H. The van der Waals surface area contributed by atoms with Gasteiger partial charge in [0.25, 0.3) is 0 Å². The Morgan fingerprint density at radius 2 is 2.29 bits per heavy atom. The van der Waals surface area contributed by atoms with E-state index < -0.39 is 0 Å². The molecule has 1 aromatic heterocycles. The largest absolute Gasteiger partial charge is 0.329 e. The van der Waals surface area contributed by atoms with Crippen molar-refractivity contribution in [2.75, 3.05) is 25.0 Å². The summed E-state index contributed by atoms with van der Waals surface area (Å²) in [6.45, 7) is 1.97. The number of carbonyl (C=O) groups is 1. The highest BCUT2D eigenvalue weighted by Crippen LogP contribution is 2.25. The maximum absolute atomic E-state index is 12.1. The molecule has 0 aliphatic carbocycles. The van der Waals surface area contributed by atoms with E-state index in [0.29, 0.717) is 24.3 Å². The number of aromatic nitrogens is 1. The van der Waals surface area contributed by atoms with Gasteiger partial charge in [0.15, 0.2) is 5.13 Å². The van der Waals surface area contributed by atoms with E-state index in [4.69, 9.17) is 5.73 Å². The molecule has 0 radical (unpaired) electrons. The third-order valence-corrected chi connectivity index (χ3v) is 4.61. The summed E-state index contributed by atoms with van der Waals surface area (Å²) in [7, 11) is 0. The summed E-state index contributed by atoms with van der Waals surface area (Å²) >= 11 is 1.50. The highest BCUT2D eigenvalue weighted by Gasteiger charge is 2.25. The van der Waals surface area contributed by atoms with Crippen molar-refractivity contribution >= 4 is 45.0 Å². The van der Waals surface area contributed by atoms with Gasteiger partial charge in [-0.1, -0.05) is 23.5 Å². The molecule has 7 heteroatoms. The monoisotopic (exact) mass is 326 g/mol. The Balaban J connectivity index is 0.00000161. The number of nitrogens with two attached hydrogens (primary N) is 1. The van der Waals surface area contributed by atoms with Crippen LogP contribution in [0.2, 0.25) is 0 Å². The second kappa shape index (κ2) is 7.17. The first-order chi connectivity index (χ1) is 9.76. The van der Waals surface area contributed by atoms with Crippen LogP contribution in [0, 0.1) is 0 Å². The predicted molar refractivity (Wildman–Crippen MR) is 89.1 cm³/mol. The lowest BCUT2D eigenvalue weighted by atomic mass is 10.2. The third kappa shape index (κ3) is 3.71. The Morgan fingerprint density at radius 3 is 3.05 bits per heavy atom. The van der Waals surface area contributed by atoms with Crippen LogP contribution in [-0.4, -0.2) is 41.5 Å². The fraction of sp³-hybridized carbons (Fsp3) is 0.429. The van der Waals surface area contributed by atoms with Crippen molar-refractivity contribution in [1.82, 2.24) is 9.88 Å². The Morgan fingerprint density at radius 1 is 1.48 bits per heavy atom. The Hall–Kier alpha value is -1.21. The highest BCUT2D eigenvalue weighted by molar-refractivity contribution is 7.22. The lowest BCUT2D eigenvalue weighted by Gasteiger charge is -2.21. The van der Waals surface area contributed by atoms with Gasteiger partial charge in [-0.3, -0.25) is 9.69 Å². The molecule has 3 rings (SSSR count). The van der Waals surface area contributed by atoms with Gasteiger partial charge in [-0.2, -0.15) is 0 Å². The van der Waals surface area contributed by atoms with E-state index in [0.717, 1.165) is 29.6 Å². The van der Waals surface area contributed by atoms with E-state index >= 15 is 0 Å². The van der Waals surface area contributed by atoms with E-state index in [1.807, 2.05) is 24.3 Å². The maximum atomic E-state index is 12.1. The number of para-hydroxylation sites is 1. The van der Waals surface area contributed by atoms with Gasteiger partial charge in [0.2, 0.25) is 5.91 Å². The zero-order valence-electron chi connectivity index (χ0n) is 11.6. The van der Waals surface area contributed by atoms with Gasteiger partial charge in [-0.05, 0) is 31.5 Å². The molecule has 3 N–H and O–H groups in total. The SMILES string of the molecule is Cl.NCC1CCCN1CC(=O)Nc1nc2ccccc2s1. The van der Waals surface area contributed by atoms with Crippen LogP contribution in [0.15, 0.2) is 24.3 Å². The summed E-state index contributed by atoms with van der Waals surface area (Å²) in [6.07, 6.45) is 2.21. The summed E-state index contributed by atoms with van der Waals surface area (Å²) in [5.41, 5.74) is 6.64. The maximum Gasteiger partial charge on any atom is 0.240 e. The average Bonchev–Trinajstić information content (AvgIpc) is 3.03. The van der Waals surface area contributed by atoms with Crippen molar-refractivity contribution in [3.05, 3.63) is 24.3 Å². The van der Waals surface area contributed by atoms with E-state index in [9.17, 15) is 4.79 Å². The molecule has 1 aromatic carbocycles. The predicted octanol–water partition coefficient (Wildman–Crippen LogP) is 2.08. The molecule has 0 bridgehead atoms. The molecule has 1 atom stereocenters. The van der Waals surface area contributed by atoms with Gasteiger partial charge in [0.1, 0.15) is 0 Å². The Bertz CT molecular complexity index is 585. The number of halogens is 1. The molecule has 114 valence electrons. The number of anilines is 1. The van der Waals surface area contributed by atoms with Crippen LogP contribution >= 0.6 is 23.7 Å². The normalized spacial score (nSPS) is 18.6. The number of nitrogens with one attached hydrogen (secondary N) is 1. The quantitative estimate of drug-likeness (QED) is 0.902. The Kier molecular flexibility index (Phi) is 5.52. The van der Waals surface area contributed by atoms with E-state index in [-0.39, 0.29) is 18.3 Å². The molecule has 0 spiro atoms. The molecule has 1 fully saturated rings. The molecule has 5 nitrogen and oxygen atoms in total. The number of benzene rings is 1. The molecule has 0 saturated carbocycles. The molecule has 21 heavy (non-hydrogen) atoms. The van der Waals surface area contributed by atoms with Crippen molar-refractivity contribution in [1.29, 1.82) is 0 Å². The number of likely N-dealkylation sites (tertiary alicyclic amines) is 1. The van der Waals surface area contributed by atoms with Gasteiger partial charge >= 0.3 is 0 Å². The molecule has 1 amide bonds. The van der Waals surface area contributed by atoms with Gasteiger partial charge < -0.3 is 11.1 Å². The number of hydrogen-bond acceptors (Lipinski definition) is 5. The van der Waals surface area contributed by atoms with E-state index in [2.05, 4.69) is 15.2 Å². The molecule has 2 heterocycles. The van der Waals surface area contributed by atoms with Crippen molar-refractivity contribution in [3.63, 3.8) is 0 Å². The first-order valence-corrected chi connectivity index (χ1v) is 7.67. The molecule has 1 unspecified atom stereocenters. The number of thiazole rings is 1. The molecule has 1 aliphatic rings. The average molecular weight is 327 g/mol. The zero-order valence-corrected chi connectivity index (χ0v) is 13.3. The molecular weight excluding hydrogens is 308 g/mol. The summed E-state index contributed by atoms with van der Waals surface area (Å²) in [4.78, 5) is 18.6. The summed E-state index contributed by atoms with van der Waals surface area (Å²) < 4.78 is 1.09. The van der Waals surface area contributed by atoms with E-state index in [1.54, 1.807) is 0 Å². The third-order valence-electron chi connectivity index (χ3n) is 3.66. The zero-order chi connectivity index (χ0) is 13.9. The summed E-state index contributed by atoms with van der Waals surface area (Å²) in [5, 5.41) is 3.56. The molecule has 1 aliphatic heterocycles. The summed E-state index contributed by atoms with van der Waals surface area (Å²) in [6, 6.07) is 8.22. The lowest BCUT2D eigenvalue weighted by molar-refractivity contribution is -0.117. The lowest BCUT2D eigenvalue weighted by Crippen LogP contribution is -2.40. The van der Waals surface area contributed by atoms with Crippen molar-refractivity contribution < 1.29 is 4.79 Å². The van der Waals surface area contributed by atoms with Gasteiger partial charge in [-0.25, -0.2) is 4.98 Å². The smallest absolute Gasteiger partial charge is 0.240 e. The topological polar surface area (TPSA) is 71.2 Å². The fourth-order valence-electron chi connectivity index (χ4n) is 2.64. The van der Waals surface area contributed by atoms with Crippen LogP contribution in [0.25, 0.3) is 10.2 Å². The van der Waals surface area contributed by atoms with Crippen LogP contribution in [0.3, 0.4) is 0 Å². The summed E-state index contributed by atoms with van der Waals surface area (Å²) in [5.74, 6) is -0.00981. The van der Waals surface area contributed by atoms with Crippen LogP contribution in [0.5, 0.6) is 0 Å². The Labute approximate surface area is 133 Å². The first kappa shape index (κ1) is 16.2. The van der Waals surface area contributed by atoms with Crippen molar-refractivity contribution in [3.8, 4) is 0 Å². The molecular formula is C14H19ClN4OS. The molecule has 1 saturated heterocycles.